The molecule has 3 nitrogen and oxygen atoms in total. The van der Waals surface area contributed by atoms with E-state index in [0.717, 1.165) is 24.2 Å². The number of hydrogen-bond acceptors (Lipinski definition) is 3. The van der Waals surface area contributed by atoms with Crippen LogP contribution in [0, 0.1) is 0 Å². The van der Waals surface area contributed by atoms with Crippen LogP contribution in [0.15, 0.2) is 78.9 Å². The fraction of sp³-hybridized carbons (Fsp3) is 0.174. The number of carbonyl (C=O) groups excluding carboxylic acids is 1. The highest BCUT2D eigenvalue weighted by Crippen LogP contribution is 2.21. The van der Waals surface area contributed by atoms with Gasteiger partial charge in [-0.25, -0.2) is 4.79 Å². The van der Waals surface area contributed by atoms with Gasteiger partial charge in [-0.2, -0.15) is 0 Å². The smallest absolute Gasteiger partial charge is 0.337 e. The van der Waals surface area contributed by atoms with Crippen LogP contribution in [0.3, 0.4) is 0 Å². The molecule has 132 valence electrons. The van der Waals surface area contributed by atoms with Gasteiger partial charge < -0.3 is 9.47 Å². The summed E-state index contributed by atoms with van der Waals surface area (Å²) in [5, 5.41) is 0. The van der Waals surface area contributed by atoms with Crippen molar-refractivity contribution in [3.63, 3.8) is 0 Å². The zero-order valence-corrected chi connectivity index (χ0v) is 14.9. The first-order valence-corrected chi connectivity index (χ1v) is 8.68. The first-order chi connectivity index (χ1) is 12.8. The van der Waals surface area contributed by atoms with Crippen LogP contribution in [0.1, 0.15) is 27.0 Å². The molecule has 0 saturated carbocycles. The van der Waals surface area contributed by atoms with Gasteiger partial charge in [0.2, 0.25) is 0 Å². The van der Waals surface area contributed by atoms with Gasteiger partial charge in [0.15, 0.2) is 0 Å². The molecule has 3 rings (SSSR count). The van der Waals surface area contributed by atoms with Crippen molar-refractivity contribution in [3.8, 4) is 5.75 Å². The van der Waals surface area contributed by atoms with Crippen LogP contribution in [0.25, 0.3) is 0 Å². The topological polar surface area (TPSA) is 35.5 Å². The average Bonchev–Trinajstić information content (AvgIpc) is 2.72. The molecule has 0 aliphatic carbocycles. The minimum Gasteiger partial charge on any atom is -0.489 e. The third-order valence-electron chi connectivity index (χ3n) is 4.27. The summed E-state index contributed by atoms with van der Waals surface area (Å²) in [6.45, 7) is 0.462. The Labute approximate surface area is 154 Å². The monoisotopic (exact) mass is 346 g/mol. The number of hydrogen-bond donors (Lipinski definition) is 0. The summed E-state index contributed by atoms with van der Waals surface area (Å²) in [6, 6.07) is 25.9. The lowest BCUT2D eigenvalue weighted by Gasteiger charge is -2.12. The second-order valence-corrected chi connectivity index (χ2v) is 6.07. The Bertz CT molecular complexity index is 839. The van der Waals surface area contributed by atoms with E-state index in [1.807, 2.05) is 36.4 Å². The molecule has 0 spiro atoms. The van der Waals surface area contributed by atoms with Crippen molar-refractivity contribution in [3.05, 3.63) is 101 Å². The van der Waals surface area contributed by atoms with Crippen LogP contribution in [0.4, 0.5) is 0 Å². The van der Waals surface area contributed by atoms with E-state index in [9.17, 15) is 4.79 Å². The summed E-state index contributed by atoms with van der Waals surface area (Å²) in [6.07, 6.45) is 1.91. The SMILES string of the molecule is COC(=O)c1ccc(COc2ccccc2CCc2ccccc2)cc1. The molecule has 0 radical (unpaired) electrons. The van der Waals surface area contributed by atoms with Gasteiger partial charge in [0.25, 0.3) is 0 Å². The highest BCUT2D eigenvalue weighted by molar-refractivity contribution is 5.89. The molecule has 0 unspecified atom stereocenters. The molecule has 3 aromatic carbocycles. The second-order valence-electron chi connectivity index (χ2n) is 6.07. The quantitative estimate of drug-likeness (QED) is 0.574. The summed E-state index contributed by atoms with van der Waals surface area (Å²) >= 11 is 0. The van der Waals surface area contributed by atoms with Gasteiger partial charge in [-0.1, -0.05) is 60.7 Å². The molecule has 3 heteroatoms. The molecular weight excluding hydrogens is 324 g/mol. The number of para-hydroxylation sites is 1. The Morgan fingerprint density at radius 1 is 0.769 bits per heavy atom. The van der Waals surface area contributed by atoms with Crippen LogP contribution in [0.2, 0.25) is 0 Å². The molecule has 0 N–H and O–H groups in total. The summed E-state index contributed by atoms with van der Waals surface area (Å²) in [5.41, 5.74) is 4.07. The van der Waals surface area contributed by atoms with Crippen LogP contribution >= 0.6 is 0 Å². The minimum absolute atomic E-state index is 0.330. The second kappa shape index (κ2) is 8.86. The van der Waals surface area contributed by atoms with Crippen LogP contribution in [-0.4, -0.2) is 13.1 Å². The summed E-state index contributed by atoms with van der Waals surface area (Å²) in [5.74, 6) is 0.573. The summed E-state index contributed by atoms with van der Waals surface area (Å²) in [4.78, 5) is 11.5. The Morgan fingerprint density at radius 2 is 1.46 bits per heavy atom. The zero-order valence-electron chi connectivity index (χ0n) is 14.9. The molecule has 26 heavy (non-hydrogen) atoms. The lowest BCUT2D eigenvalue weighted by molar-refractivity contribution is 0.0600. The van der Waals surface area contributed by atoms with E-state index in [-0.39, 0.29) is 5.97 Å². The number of ether oxygens (including phenoxy) is 2. The van der Waals surface area contributed by atoms with E-state index < -0.39 is 0 Å². The van der Waals surface area contributed by atoms with Crippen molar-refractivity contribution in [2.24, 2.45) is 0 Å². The summed E-state index contributed by atoms with van der Waals surface area (Å²) in [7, 11) is 1.38. The molecule has 0 aliphatic rings. The number of aryl methyl sites for hydroxylation is 2. The van der Waals surface area contributed by atoms with E-state index in [1.54, 1.807) is 12.1 Å². The summed E-state index contributed by atoms with van der Waals surface area (Å²) < 4.78 is 10.7. The Kier molecular flexibility index (Phi) is 6.05. The number of rotatable bonds is 7. The molecule has 0 amide bonds. The lowest BCUT2D eigenvalue weighted by atomic mass is 10.0. The predicted octanol–water partition coefficient (Wildman–Crippen LogP) is 4.84. The molecule has 0 aromatic heterocycles. The Balaban J connectivity index is 1.62. The molecule has 3 aromatic rings. The van der Waals surface area contributed by atoms with E-state index in [4.69, 9.17) is 9.47 Å². The lowest BCUT2D eigenvalue weighted by Crippen LogP contribution is -2.03. The molecule has 0 fully saturated rings. The van der Waals surface area contributed by atoms with Gasteiger partial charge in [0.05, 0.1) is 12.7 Å². The number of esters is 1. The van der Waals surface area contributed by atoms with Crippen molar-refractivity contribution in [1.29, 1.82) is 0 Å². The Morgan fingerprint density at radius 3 is 2.19 bits per heavy atom. The fourth-order valence-electron chi connectivity index (χ4n) is 2.79. The van der Waals surface area contributed by atoms with Crippen molar-refractivity contribution in [2.75, 3.05) is 7.11 Å². The zero-order chi connectivity index (χ0) is 18.2. The number of methoxy groups -OCH3 is 1. The molecule has 0 atom stereocenters. The predicted molar refractivity (Wildman–Crippen MR) is 102 cm³/mol. The first kappa shape index (κ1) is 17.7. The van der Waals surface area contributed by atoms with Gasteiger partial charge >= 0.3 is 5.97 Å². The van der Waals surface area contributed by atoms with Gasteiger partial charge in [0, 0.05) is 0 Å². The van der Waals surface area contributed by atoms with E-state index >= 15 is 0 Å². The van der Waals surface area contributed by atoms with E-state index in [0.29, 0.717) is 12.2 Å². The van der Waals surface area contributed by atoms with E-state index in [1.165, 1.54) is 18.2 Å². The molecule has 0 heterocycles. The fourth-order valence-corrected chi connectivity index (χ4v) is 2.79. The van der Waals surface area contributed by atoms with Crippen LogP contribution in [0.5, 0.6) is 5.75 Å². The third-order valence-corrected chi connectivity index (χ3v) is 4.27. The van der Waals surface area contributed by atoms with Crippen molar-refractivity contribution in [1.82, 2.24) is 0 Å². The first-order valence-electron chi connectivity index (χ1n) is 8.68. The maximum Gasteiger partial charge on any atom is 0.337 e. The van der Waals surface area contributed by atoms with E-state index in [2.05, 4.69) is 30.3 Å². The molecule has 0 aliphatic heterocycles. The maximum atomic E-state index is 11.5. The minimum atomic E-state index is -0.330. The standard InChI is InChI=1S/C23H22O3/c1-25-23(24)21-15-12-19(13-16-21)17-26-22-10-6-5-9-20(22)14-11-18-7-3-2-4-8-18/h2-10,12-13,15-16H,11,14,17H2,1H3. The average molecular weight is 346 g/mol. The van der Waals surface area contributed by atoms with Crippen LogP contribution < -0.4 is 4.74 Å². The molecule has 0 bridgehead atoms. The van der Waals surface area contributed by atoms with Crippen LogP contribution in [-0.2, 0) is 24.2 Å². The number of benzene rings is 3. The third kappa shape index (κ3) is 4.73. The van der Waals surface area contributed by atoms with Gasteiger partial charge in [-0.05, 0) is 47.7 Å². The normalized spacial score (nSPS) is 10.3. The highest BCUT2D eigenvalue weighted by Gasteiger charge is 2.06. The van der Waals surface area contributed by atoms with Gasteiger partial charge in [-0.15, -0.1) is 0 Å². The van der Waals surface area contributed by atoms with Crippen molar-refractivity contribution in [2.45, 2.75) is 19.4 Å². The van der Waals surface area contributed by atoms with Gasteiger partial charge in [0.1, 0.15) is 12.4 Å². The van der Waals surface area contributed by atoms with Crippen molar-refractivity contribution < 1.29 is 14.3 Å². The van der Waals surface area contributed by atoms with Gasteiger partial charge in [-0.3, -0.25) is 0 Å². The molecule has 0 saturated heterocycles. The highest BCUT2D eigenvalue weighted by atomic mass is 16.5. The molecular formula is C23H22O3. The maximum absolute atomic E-state index is 11.5. The number of carbonyl (C=O) groups is 1. The largest absolute Gasteiger partial charge is 0.489 e. The Hall–Kier alpha value is -3.07. The van der Waals surface area contributed by atoms with Crippen molar-refractivity contribution >= 4 is 5.97 Å².